The predicted molar refractivity (Wildman–Crippen MR) is 136 cm³/mol. The molecule has 1 aliphatic carbocycles. The predicted octanol–water partition coefficient (Wildman–Crippen LogP) is 7.88. The van der Waals surface area contributed by atoms with Gasteiger partial charge in [0.1, 0.15) is 11.5 Å². The van der Waals surface area contributed by atoms with Crippen molar-refractivity contribution in [3.8, 4) is 11.5 Å². The first-order chi connectivity index (χ1) is 16.8. The van der Waals surface area contributed by atoms with E-state index in [0.717, 1.165) is 24.1 Å². The fourth-order valence-electron chi connectivity index (χ4n) is 3.77. The summed E-state index contributed by atoms with van der Waals surface area (Å²) in [6.45, 7) is 11.6. The largest absolute Gasteiger partial charge is 0.573 e. The molecule has 0 bridgehead atoms. The molecule has 0 saturated carbocycles. The molecule has 0 saturated heterocycles. The van der Waals surface area contributed by atoms with Gasteiger partial charge in [-0.05, 0) is 94.0 Å². The Morgan fingerprint density at radius 1 is 1.06 bits per heavy atom. The number of halogens is 3. The molecule has 0 fully saturated rings. The Bertz CT molecular complexity index is 1160. The standard InChI is InChI=1S/C29H33F3O4/c1-18(11-13-25-20(3)17-27(34-7)23(6)22(25)5)9-8-10-19(2)15-28(33)35-26-14-12-24(16-21(26)4)36-29(30,31)32/h8-16,27H,17H2,1-7H3. The molecule has 0 radical (unpaired) electrons. The van der Waals surface area contributed by atoms with Gasteiger partial charge in [0.2, 0.25) is 0 Å². The van der Waals surface area contributed by atoms with E-state index in [0.29, 0.717) is 11.1 Å². The van der Waals surface area contributed by atoms with Crippen molar-refractivity contribution in [2.45, 2.75) is 60.4 Å². The molecule has 0 aromatic heterocycles. The van der Waals surface area contributed by atoms with E-state index in [4.69, 9.17) is 9.47 Å². The number of hydrogen-bond acceptors (Lipinski definition) is 4. The molecule has 0 N–H and O–H groups in total. The highest BCUT2D eigenvalue weighted by atomic mass is 19.4. The van der Waals surface area contributed by atoms with E-state index in [1.165, 1.54) is 41.4 Å². The van der Waals surface area contributed by atoms with Gasteiger partial charge in [-0.15, -0.1) is 13.2 Å². The van der Waals surface area contributed by atoms with E-state index in [9.17, 15) is 18.0 Å². The van der Waals surface area contributed by atoms with Crippen LogP contribution in [0.25, 0.3) is 0 Å². The second-order valence-electron chi connectivity index (χ2n) is 8.82. The minimum Gasteiger partial charge on any atom is -0.423 e. The molecule has 36 heavy (non-hydrogen) atoms. The SMILES string of the molecule is COC1CC(C)=C(C=CC(C)=CC=CC(C)=CC(=O)Oc2ccc(OC(F)(F)F)cc2C)C(C)=C1C. The van der Waals surface area contributed by atoms with E-state index in [2.05, 4.69) is 37.7 Å². The second-order valence-corrected chi connectivity index (χ2v) is 8.82. The first kappa shape index (κ1) is 28.9. The minimum absolute atomic E-state index is 0.134. The Labute approximate surface area is 211 Å². The van der Waals surface area contributed by atoms with Crippen LogP contribution in [0.1, 0.15) is 46.6 Å². The number of hydrogen-bond donors (Lipinski definition) is 0. The summed E-state index contributed by atoms with van der Waals surface area (Å²) in [6.07, 6.45) is 7.26. The smallest absolute Gasteiger partial charge is 0.423 e. The average Bonchev–Trinajstić information content (AvgIpc) is 2.76. The molecule has 0 heterocycles. The van der Waals surface area contributed by atoms with E-state index in [-0.39, 0.29) is 17.6 Å². The summed E-state index contributed by atoms with van der Waals surface area (Å²) in [5.74, 6) is -0.842. The number of alkyl halides is 3. The highest BCUT2D eigenvalue weighted by Gasteiger charge is 2.31. The Hall–Kier alpha value is -3.32. The molecule has 1 aromatic carbocycles. The summed E-state index contributed by atoms with van der Waals surface area (Å²) in [4.78, 5) is 12.2. The number of aryl methyl sites for hydroxylation is 1. The number of methoxy groups -OCH3 is 1. The Balaban J connectivity index is 2.00. The van der Waals surface area contributed by atoms with Gasteiger partial charge in [0.05, 0.1) is 6.10 Å². The maximum atomic E-state index is 12.3. The number of esters is 1. The van der Waals surface area contributed by atoms with Crippen LogP contribution in [-0.4, -0.2) is 25.5 Å². The number of benzene rings is 1. The second kappa shape index (κ2) is 12.6. The molecule has 7 heteroatoms. The third kappa shape index (κ3) is 8.72. The summed E-state index contributed by atoms with van der Waals surface area (Å²) < 4.78 is 51.7. The summed E-state index contributed by atoms with van der Waals surface area (Å²) >= 11 is 0. The van der Waals surface area contributed by atoms with Crippen molar-refractivity contribution in [1.29, 1.82) is 0 Å². The minimum atomic E-state index is -4.78. The van der Waals surface area contributed by atoms with E-state index in [1.54, 1.807) is 20.1 Å². The van der Waals surface area contributed by atoms with E-state index >= 15 is 0 Å². The number of allylic oxidation sites excluding steroid dienone is 9. The van der Waals surface area contributed by atoms with Crippen LogP contribution in [0.4, 0.5) is 13.2 Å². The zero-order valence-electron chi connectivity index (χ0n) is 21.7. The molecule has 4 nitrogen and oxygen atoms in total. The summed E-state index contributed by atoms with van der Waals surface area (Å²) in [5, 5.41) is 0. The highest BCUT2D eigenvalue weighted by molar-refractivity contribution is 5.85. The van der Waals surface area contributed by atoms with Gasteiger partial charge in [0.25, 0.3) is 0 Å². The van der Waals surface area contributed by atoms with Crippen LogP contribution in [0, 0.1) is 6.92 Å². The molecule has 1 aromatic rings. The molecule has 1 atom stereocenters. The third-order valence-electron chi connectivity index (χ3n) is 5.88. The lowest BCUT2D eigenvalue weighted by Crippen LogP contribution is -2.18. The van der Waals surface area contributed by atoms with Crippen LogP contribution in [0.2, 0.25) is 0 Å². The number of carbonyl (C=O) groups is 1. The van der Waals surface area contributed by atoms with Crippen molar-refractivity contribution in [2.75, 3.05) is 7.11 Å². The maximum absolute atomic E-state index is 12.3. The van der Waals surface area contributed by atoms with Crippen molar-refractivity contribution in [2.24, 2.45) is 0 Å². The number of rotatable bonds is 8. The van der Waals surface area contributed by atoms with Gasteiger partial charge >= 0.3 is 12.3 Å². The molecule has 0 spiro atoms. The van der Waals surface area contributed by atoms with Crippen LogP contribution in [-0.2, 0) is 9.53 Å². The third-order valence-corrected chi connectivity index (χ3v) is 5.88. The van der Waals surface area contributed by atoms with Gasteiger partial charge in [-0.2, -0.15) is 0 Å². The summed E-state index contributed by atoms with van der Waals surface area (Å²) in [5.41, 5.74) is 7.05. The zero-order chi connectivity index (χ0) is 27.0. The fraction of sp³-hybridized carbons (Fsp3) is 0.345. The summed E-state index contributed by atoms with van der Waals surface area (Å²) in [6, 6.07) is 3.52. The van der Waals surface area contributed by atoms with Gasteiger partial charge in [0.15, 0.2) is 0 Å². The van der Waals surface area contributed by atoms with Gasteiger partial charge in [0, 0.05) is 13.2 Å². The Morgan fingerprint density at radius 3 is 2.36 bits per heavy atom. The molecule has 194 valence electrons. The molecule has 2 rings (SSSR count). The first-order valence-corrected chi connectivity index (χ1v) is 11.5. The van der Waals surface area contributed by atoms with Crippen LogP contribution >= 0.6 is 0 Å². The van der Waals surface area contributed by atoms with Crippen LogP contribution in [0.3, 0.4) is 0 Å². The topological polar surface area (TPSA) is 44.8 Å². The normalized spacial score (nSPS) is 18.0. The van der Waals surface area contributed by atoms with Crippen molar-refractivity contribution >= 4 is 5.97 Å². The lowest BCUT2D eigenvalue weighted by Gasteiger charge is -2.26. The average molecular weight is 503 g/mol. The quantitative estimate of drug-likeness (QED) is 0.157. The molecule has 1 aliphatic rings. The van der Waals surface area contributed by atoms with Crippen molar-refractivity contribution in [3.63, 3.8) is 0 Å². The highest BCUT2D eigenvalue weighted by Crippen LogP contribution is 2.32. The van der Waals surface area contributed by atoms with Crippen LogP contribution < -0.4 is 9.47 Å². The van der Waals surface area contributed by atoms with Crippen molar-refractivity contribution < 1.29 is 32.2 Å². The molecular formula is C29H33F3O4. The first-order valence-electron chi connectivity index (χ1n) is 11.5. The maximum Gasteiger partial charge on any atom is 0.573 e. The lowest BCUT2D eigenvalue weighted by molar-refractivity contribution is -0.274. The Kier molecular flexibility index (Phi) is 10.1. The van der Waals surface area contributed by atoms with Gasteiger partial charge < -0.3 is 14.2 Å². The van der Waals surface area contributed by atoms with Gasteiger partial charge in [-0.1, -0.05) is 41.5 Å². The number of ether oxygens (including phenoxy) is 3. The molecular weight excluding hydrogens is 469 g/mol. The molecule has 0 aliphatic heterocycles. The van der Waals surface area contributed by atoms with Crippen molar-refractivity contribution in [3.05, 3.63) is 93.7 Å². The Morgan fingerprint density at radius 2 is 1.75 bits per heavy atom. The number of carbonyl (C=O) groups excluding carboxylic acids is 1. The van der Waals surface area contributed by atoms with E-state index < -0.39 is 12.3 Å². The van der Waals surface area contributed by atoms with Crippen molar-refractivity contribution in [1.82, 2.24) is 0 Å². The van der Waals surface area contributed by atoms with Gasteiger partial charge in [-0.3, -0.25) is 0 Å². The fourth-order valence-corrected chi connectivity index (χ4v) is 3.77. The van der Waals surface area contributed by atoms with Crippen LogP contribution in [0.15, 0.2) is 88.1 Å². The van der Waals surface area contributed by atoms with Gasteiger partial charge in [-0.25, -0.2) is 4.79 Å². The monoisotopic (exact) mass is 502 g/mol. The zero-order valence-corrected chi connectivity index (χ0v) is 21.7. The molecule has 0 amide bonds. The van der Waals surface area contributed by atoms with E-state index in [1.807, 2.05) is 19.1 Å². The van der Waals surface area contributed by atoms with Crippen LogP contribution in [0.5, 0.6) is 11.5 Å². The summed E-state index contributed by atoms with van der Waals surface area (Å²) in [7, 11) is 1.74. The molecule has 1 unspecified atom stereocenters. The lowest BCUT2D eigenvalue weighted by atomic mass is 9.85.